The van der Waals surface area contributed by atoms with Gasteiger partial charge in [-0.3, -0.25) is 0 Å². The molecule has 1 heterocycles. The number of nitrogens with one attached hydrogen (secondary N) is 1. The van der Waals surface area contributed by atoms with Crippen LogP contribution in [-0.4, -0.2) is 17.8 Å². The van der Waals surface area contributed by atoms with Gasteiger partial charge in [-0.2, -0.15) is 0 Å². The molecule has 16 heavy (non-hydrogen) atoms. The van der Waals surface area contributed by atoms with Crippen LogP contribution in [0.5, 0.6) is 0 Å². The molecule has 0 spiro atoms. The van der Waals surface area contributed by atoms with Crippen molar-refractivity contribution in [3.05, 3.63) is 23.7 Å². The van der Waals surface area contributed by atoms with Crippen molar-refractivity contribution < 1.29 is 9.52 Å². The first-order valence-corrected chi connectivity index (χ1v) is 5.97. The minimum absolute atomic E-state index is 0.188. The van der Waals surface area contributed by atoms with Gasteiger partial charge in [0.05, 0.1) is 6.04 Å². The van der Waals surface area contributed by atoms with Gasteiger partial charge >= 0.3 is 0 Å². The molecule has 1 rings (SSSR count). The van der Waals surface area contributed by atoms with Crippen LogP contribution >= 0.6 is 0 Å². The van der Waals surface area contributed by atoms with Gasteiger partial charge in [0, 0.05) is 12.6 Å². The SMILES string of the molecule is Cc1ccc(C(C)NC(CCO)C(C)C)o1. The maximum Gasteiger partial charge on any atom is 0.120 e. The zero-order chi connectivity index (χ0) is 12.1. The summed E-state index contributed by atoms with van der Waals surface area (Å²) in [5, 5.41) is 12.5. The molecular weight excluding hydrogens is 202 g/mol. The fourth-order valence-electron chi connectivity index (χ4n) is 1.84. The highest BCUT2D eigenvalue weighted by molar-refractivity contribution is 5.09. The number of aliphatic hydroxyl groups excluding tert-OH is 1. The summed E-state index contributed by atoms with van der Waals surface area (Å²) < 4.78 is 5.58. The van der Waals surface area contributed by atoms with Crippen molar-refractivity contribution in [1.29, 1.82) is 0 Å². The summed E-state index contributed by atoms with van der Waals surface area (Å²) in [5.74, 6) is 2.40. The second-order valence-electron chi connectivity index (χ2n) is 4.70. The summed E-state index contributed by atoms with van der Waals surface area (Å²) in [6.07, 6.45) is 0.779. The Labute approximate surface area is 97.9 Å². The minimum Gasteiger partial charge on any atom is -0.465 e. The van der Waals surface area contributed by atoms with Crippen LogP contribution in [0, 0.1) is 12.8 Å². The van der Waals surface area contributed by atoms with E-state index >= 15 is 0 Å². The van der Waals surface area contributed by atoms with Crippen LogP contribution in [0.15, 0.2) is 16.5 Å². The lowest BCUT2D eigenvalue weighted by atomic mass is 10.00. The van der Waals surface area contributed by atoms with Crippen LogP contribution in [0.25, 0.3) is 0 Å². The maximum atomic E-state index is 9.01. The number of furan rings is 1. The zero-order valence-electron chi connectivity index (χ0n) is 10.7. The van der Waals surface area contributed by atoms with E-state index in [9.17, 15) is 0 Å². The fourth-order valence-corrected chi connectivity index (χ4v) is 1.84. The van der Waals surface area contributed by atoms with Gasteiger partial charge in [0.2, 0.25) is 0 Å². The van der Waals surface area contributed by atoms with E-state index < -0.39 is 0 Å². The van der Waals surface area contributed by atoms with Gasteiger partial charge in [-0.15, -0.1) is 0 Å². The number of rotatable bonds is 6. The van der Waals surface area contributed by atoms with E-state index in [2.05, 4.69) is 26.1 Å². The van der Waals surface area contributed by atoms with Crippen LogP contribution in [0.4, 0.5) is 0 Å². The van der Waals surface area contributed by atoms with Crippen molar-refractivity contribution in [2.45, 2.75) is 46.2 Å². The third-order valence-corrected chi connectivity index (χ3v) is 2.90. The Kier molecular flexibility index (Phi) is 5.03. The summed E-state index contributed by atoms with van der Waals surface area (Å²) in [6, 6.07) is 4.49. The molecule has 0 saturated heterocycles. The van der Waals surface area contributed by atoms with E-state index in [1.165, 1.54) is 0 Å². The first kappa shape index (κ1) is 13.3. The molecule has 0 saturated carbocycles. The lowest BCUT2D eigenvalue weighted by Crippen LogP contribution is -2.36. The summed E-state index contributed by atoms with van der Waals surface area (Å²) in [7, 11) is 0. The molecule has 2 atom stereocenters. The highest BCUT2D eigenvalue weighted by Crippen LogP contribution is 2.18. The highest BCUT2D eigenvalue weighted by atomic mass is 16.3. The molecule has 0 fully saturated rings. The summed E-state index contributed by atoms with van der Waals surface area (Å²) in [5.41, 5.74) is 0. The molecule has 0 radical (unpaired) electrons. The lowest BCUT2D eigenvalue weighted by molar-refractivity contribution is 0.232. The molecule has 3 heteroatoms. The van der Waals surface area contributed by atoms with Crippen molar-refractivity contribution in [3.63, 3.8) is 0 Å². The van der Waals surface area contributed by atoms with Crippen molar-refractivity contribution >= 4 is 0 Å². The standard InChI is InChI=1S/C13H23NO2/c1-9(2)12(7-8-15)14-11(4)13-6-5-10(3)16-13/h5-6,9,11-12,14-15H,7-8H2,1-4H3. The molecule has 2 unspecified atom stereocenters. The molecule has 0 aliphatic heterocycles. The largest absolute Gasteiger partial charge is 0.465 e. The topological polar surface area (TPSA) is 45.4 Å². The smallest absolute Gasteiger partial charge is 0.120 e. The molecule has 0 aliphatic rings. The molecule has 92 valence electrons. The van der Waals surface area contributed by atoms with Gasteiger partial charge < -0.3 is 14.8 Å². The fraction of sp³-hybridized carbons (Fsp3) is 0.692. The van der Waals surface area contributed by atoms with Crippen molar-refractivity contribution in [1.82, 2.24) is 5.32 Å². The average molecular weight is 225 g/mol. The highest BCUT2D eigenvalue weighted by Gasteiger charge is 2.17. The molecule has 0 bridgehead atoms. The van der Waals surface area contributed by atoms with Gasteiger partial charge in [0.25, 0.3) is 0 Å². The van der Waals surface area contributed by atoms with Crippen molar-refractivity contribution in [3.8, 4) is 0 Å². The third kappa shape index (κ3) is 3.65. The van der Waals surface area contributed by atoms with Crippen molar-refractivity contribution in [2.24, 2.45) is 5.92 Å². The van der Waals surface area contributed by atoms with Crippen LogP contribution < -0.4 is 5.32 Å². The van der Waals surface area contributed by atoms with Crippen LogP contribution in [0.2, 0.25) is 0 Å². The Morgan fingerprint density at radius 3 is 2.44 bits per heavy atom. The van der Waals surface area contributed by atoms with Gasteiger partial charge in [-0.05, 0) is 38.3 Å². The van der Waals surface area contributed by atoms with Gasteiger partial charge in [0.15, 0.2) is 0 Å². The quantitative estimate of drug-likeness (QED) is 0.782. The molecule has 1 aromatic heterocycles. The number of hydrogen-bond donors (Lipinski definition) is 2. The van der Waals surface area contributed by atoms with E-state index in [1.54, 1.807) is 0 Å². The third-order valence-electron chi connectivity index (χ3n) is 2.90. The molecule has 0 aliphatic carbocycles. The Hall–Kier alpha value is -0.800. The first-order chi connectivity index (χ1) is 7.54. The molecule has 2 N–H and O–H groups in total. The average Bonchev–Trinajstić information content (AvgIpc) is 2.64. The number of aliphatic hydroxyl groups is 1. The summed E-state index contributed by atoms with van der Waals surface area (Å²) in [6.45, 7) is 8.58. The summed E-state index contributed by atoms with van der Waals surface area (Å²) >= 11 is 0. The molecule has 0 amide bonds. The summed E-state index contributed by atoms with van der Waals surface area (Å²) in [4.78, 5) is 0. The van der Waals surface area contributed by atoms with Crippen LogP contribution in [0.1, 0.15) is 44.8 Å². The lowest BCUT2D eigenvalue weighted by Gasteiger charge is -2.25. The van der Waals surface area contributed by atoms with E-state index in [-0.39, 0.29) is 12.6 Å². The second-order valence-corrected chi connectivity index (χ2v) is 4.70. The monoisotopic (exact) mass is 225 g/mol. The normalized spacial score (nSPS) is 15.4. The predicted molar refractivity (Wildman–Crippen MR) is 65.3 cm³/mol. The van der Waals surface area contributed by atoms with Gasteiger partial charge in [0.1, 0.15) is 11.5 Å². The predicted octanol–water partition coefficient (Wildman–Crippen LogP) is 2.65. The number of hydrogen-bond acceptors (Lipinski definition) is 3. The Morgan fingerprint density at radius 1 is 1.31 bits per heavy atom. The van der Waals surface area contributed by atoms with E-state index in [1.807, 2.05) is 19.1 Å². The Bertz CT molecular complexity index is 307. The Balaban J connectivity index is 2.57. The van der Waals surface area contributed by atoms with Crippen molar-refractivity contribution in [2.75, 3.05) is 6.61 Å². The minimum atomic E-state index is 0.188. The second kappa shape index (κ2) is 6.06. The first-order valence-electron chi connectivity index (χ1n) is 5.97. The van der Waals surface area contributed by atoms with E-state index in [0.29, 0.717) is 12.0 Å². The maximum absolute atomic E-state index is 9.01. The zero-order valence-corrected chi connectivity index (χ0v) is 10.7. The van der Waals surface area contributed by atoms with E-state index in [0.717, 1.165) is 17.9 Å². The molecule has 0 aromatic carbocycles. The van der Waals surface area contributed by atoms with E-state index in [4.69, 9.17) is 9.52 Å². The van der Waals surface area contributed by atoms with Crippen LogP contribution in [-0.2, 0) is 0 Å². The molecule has 3 nitrogen and oxygen atoms in total. The number of aryl methyl sites for hydroxylation is 1. The molecular formula is C13H23NO2. The molecule has 1 aromatic rings. The Morgan fingerprint density at radius 2 is 2.00 bits per heavy atom. The van der Waals surface area contributed by atoms with Gasteiger partial charge in [-0.1, -0.05) is 13.8 Å². The van der Waals surface area contributed by atoms with Crippen LogP contribution in [0.3, 0.4) is 0 Å². The van der Waals surface area contributed by atoms with Gasteiger partial charge in [-0.25, -0.2) is 0 Å².